The van der Waals surface area contributed by atoms with E-state index in [1.165, 1.54) is 28.9 Å². The molecule has 0 amide bonds. The fraction of sp³-hybridized carbons (Fsp3) is 0.500. The standard InChI is InChI=1S/C14H20N2OS/c1-10-3-4-12(11(2)7-10)18-9-14(5-6-14)8-13(15)16-17/h3-4,7,17H,5-6,8-9H2,1-2H3,(H2,15,16). The predicted molar refractivity (Wildman–Crippen MR) is 76.3 cm³/mol. The summed E-state index contributed by atoms with van der Waals surface area (Å²) < 4.78 is 0. The van der Waals surface area contributed by atoms with Gasteiger partial charge < -0.3 is 10.9 Å². The van der Waals surface area contributed by atoms with Crippen LogP contribution < -0.4 is 5.73 Å². The van der Waals surface area contributed by atoms with E-state index < -0.39 is 0 Å². The van der Waals surface area contributed by atoms with Crippen molar-refractivity contribution in [3.63, 3.8) is 0 Å². The molecule has 0 heterocycles. The van der Waals surface area contributed by atoms with Crippen LogP contribution in [0.2, 0.25) is 0 Å². The predicted octanol–water partition coefficient (Wildman–Crippen LogP) is 3.31. The number of oxime groups is 1. The Kier molecular flexibility index (Phi) is 3.85. The summed E-state index contributed by atoms with van der Waals surface area (Å²) in [6.45, 7) is 4.26. The van der Waals surface area contributed by atoms with Gasteiger partial charge in [-0.3, -0.25) is 0 Å². The van der Waals surface area contributed by atoms with E-state index in [0.717, 1.165) is 5.75 Å². The van der Waals surface area contributed by atoms with Crippen molar-refractivity contribution in [3.8, 4) is 0 Å². The molecule has 3 nitrogen and oxygen atoms in total. The highest BCUT2D eigenvalue weighted by Gasteiger charge is 2.43. The Bertz CT molecular complexity index is 467. The van der Waals surface area contributed by atoms with Crippen molar-refractivity contribution < 1.29 is 5.21 Å². The van der Waals surface area contributed by atoms with Gasteiger partial charge in [0.05, 0.1) is 0 Å². The number of nitrogens with zero attached hydrogens (tertiary/aromatic N) is 1. The first-order valence-electron chi connectivity index (χ1n) is 6.21. The van der Waals surface area contributed by atoms with Crippen LogP contribution >= 0.6 is 11.8 Å². The van der Waals surface area contributed by atoms with Gasteiger partial charge in [0.15, 0.2) is 0 Å². The maximum Gasteiger partial charge on any atom is 0.139 e. The summed E-state index contributed by atoms with van der Waals surface area (Å²) in [6, 6.07) is 6.55. The highest BCUT2D eigenvalue weighted by Crippen LogP contribution is 2.52. The average molecular weight is 264 g/mol. The number of nitrogens with two attached hydrogens (primary N) is 1. The highest BCUT2D eigenvalue weighted by molar-refractivity contribution is 7.99. The molecule has 0 aromatic heterocycles. The van der Waals surface area contributed by atoms with Crippen molar-refractivity contribution in [2.45, 2.75) is 38.0 Å². The van der Waals surface area contributed by atoms with Gasteiger partial charge in [0.2, 0.25) is 0 Å². The average Bonchev–Trinajstić information content (AvgIpc) is 3.08. The van der Waals surface area contributed by atoms with Crippen LogP contribution in [0.5, 0.6) is 0 Å². The van der Waals surface area contributed by atoms with Crippen LogP contribution in [-0.4, -0.2) is 16.8 Å². The Balaban J connectivity index is 1.95. The topological polar surface area (TPSA) is 58.6 Å². The summed E-state index contributed by atoms with van der Waals surface area (Å²) in [6.07, 6.45) is 3.07. The Hall–Kier alpha value is -1.16. The Morgan fingerprint density at radius 1 is 1.44 bits per heavy atom. The highest BCUT2D eigenvalue weighted by atomic mass is 32.2. The van der Waals surface area contributed by atoms with Crippen LogP contribution in [0, 0.1) is 19.3 Å². The third kappa shape index (κ3) is 3.19. The molecule has 1 aliphatic rings. The zero-order valence-corrected chi connectivity index (χ0v) is 11.8. The van der Waals surface area contributed by atoms with Crippen molar-refractivity contribution >= 4 is 17.6 Å². The summed E-state index contributed by atoms with van der Waals surface area (Å²) in [7, 11) is 0. The van der Waals surface area contributed by atoms with Crippen molar-refractivity contribution in [1.29, 1.82) is 0 Å². The molecule has 98 valence electrons. The van der Waals surface area contributed by atoms with E-state index in [-0.39, 0.29) is 5.41 Å². The zero-order chi connectivity index (χ0) is 13.2. The molecule has 4 heteroatoms. The molecule has 0 saturated heterocycles. The number of hydrogen-bond acceptors (Lipinski definition) is 3. The normalized spacial score (nSPS) is 17.8. The minimum absolute atomic E-state index is 0.262. The van der Waals surface area contributed by atoms with E-state index in [1.54, 1.807) is 0 Å². The fourth-order valence-electron chi connectivity index (χ4n) is 2.16. The molecule has 1 aliphatic carbocycles. The maximum atomic E-state index is 8.64. The fourth-order valence-corrected chi connectivity index (χ4v) is 3.46. The van der Waals surface area contributed by atoms with Crippen LogP contribution in [0.3, 0.4) is 0 Å². The number of benzene rings is 1. The second-order valence-electron chi connectivity index (χ2n) is 5.33. The molecule has 3 N–H and O–H groups in total. The monoisotopic (exact) mass is 264 g/mol. The molecule has 18 heavy (non-hydrogen) atoms. The van der Waals surface area contributed by atoms with E-state index in [2.05, 4.69) is 37.2 Å². The second-order valence-corrected chi connectivity index (χ2v) is 6.34. The maximum absolute atomic E-state index is 8.64. The third-order valence-corrected chi connectivity index (χ3v) is 5.03. The van der Waals surface area contributed by atoms with Gasteiger partial charge in [-0.25, -0.2) is 0 Å². The molecular formula is C14H20N2OS. The van der Waals surface area contributed by atoms with E-state index in [4.69, 9.17) is 10.9 Å². The first-order chi connectivity index (χ1) is 8.54. The Morgan fingerprint density at radius 2 is 2.17 bits per heavy atom. The largest absolute Gasteiger partial charge is 0.409 e. The van der Waals surface area contributed by atoms with Gasteiger partial charge in [-0.05, 0) is 43.7 Å². The van der Waals surface area contributed by atoms with Gasteiger partial charge in [0.1, 0.15) is 5.84 Å². The smallest absolute Gasteiger partial charge is 0.139 e. The van der Waals surface area contributed by atoms with E-state index in [9.17, 15) is 0 Å². The summed E-state index contributed by atoms with van der Waals surface area (Å²) in [4.78, 5) is 1.34. The van der Waals surface area contributed by atoms with Gasteiger partial charge in [-0.2, -0.15) is 0 Å². The van der Waals surface area contributed by atoms with Gasteiger partial charge in [0.25, 0.3) is 0 Å². The van der Waals surface area contributed by atoms with Crippen molar-refractivity contribution in [2.75, 3.05) is 5.75 Å². The van der Waals surface area contributed by atoms with E-state index in [1.807, 2.05) is 11.8 Å². The summed E-state index contributed by atoms with van der Waals surface area (Å²) in [5, 5.41) is 11.7. The quantitative estimate of drug-likeness (QED) is 0.282. The number of thioether (sulfide) groups is 1. The molecule has 0 spiro atoms. The van der Waals surface area contributed by atoms with Crippen LogP contribution in [0.1, 0.15) is 30.4 Å². The van der Waals surface area contributed by atoms with Crippen molar-refractivity contribution in [3.05, 3.63) is 29.3 Å². The second kappa shape index (κ2) is 5.22. The number of hydrogen-bond donors (Lipinski definition) is 2. The summed E-state index contributed by atoms with van der Waals surface area (Å²) >= 11 is 1.89. The zero-order valence-electron chi connectivity index (χ0n) is 10.9. The molecular weight excluding hydrogens is 244 g/mol. The van der Waals surface area contributed by atoms with Crippen LogP contribution in [0.25, 0.3) is 0 Å². The summed E-state index contributed by atoms with van der Waals surface area (Å²) in [5.41, 5.74) is 8.50. The lowest BCUT2D eigenvalue weighted by molar-refractivity contribution is 0.315. The molecule has 1 aromatic carbocycles. The lowest BCUT2D eigenvalue weighted by atomic mass is 10.1. The summed E-state index contributed by atoms with van der Waals surface area (Å²) in [5.74, 6) is 1.40. The molecule has 0 radical (unpaired) electrons. The van der Waals surface area contributed by atoms with E-state index >= 15 is 0 Å². The molecule has 1 fully saturated rings. The third-order valence-electron chi connectivity index (χ3n) is 3.51. The minimum atomic E-state index is 0.262. The van der Waals surface area contributed by atoms with Gasteiger partial charge >= 0.3 is 0 Å². The first-order valence-corrected chi connectivity index (χ1v) is 7.20. The lowest BCUT2D eigenvalue weighted by Crippen LogP contribution is -2.19. The number of aryl methyl sites for hydroxylation is 2. The Labute approximate surface area is 112 Å². The Morgan fingerprint density at radius 3 is 2.72 bits per heavy atom. The van der Waals surface area contributed by atoms with Crippen molar-refractivity contribution in [2.24, 2.45) is 16.3 Å². The minimum Gasteiger partial charge on any atom is -0.409 e. The van der Waals surface area contributed by atoms with Crippen LogP contribution in [0.4, 0.5) is 0 Å². The SMILES string of the molecule is Cc1ccc(SCC2(CC(N)=NO)CC2)c(C)c1. The molecule has 1 aromatic rings. The number of amidine groups is 1. The lowest BCUT2D eigenvalue weighted by Gasteiger charge is -2.14. The molecule has 0 unspecified atom stereocenters. The van der Waals surface area contributed by atoms with E-state index in [0.29, 0.717) is 12.3 Å². The van der Waals surface area contributed by atoms with Crippen molar-refractivity contribution in [1.82, 2.24) is 0 Å². The molecule has 0 atom stereocenters. The molecule has 2 rings (SSSR count). The van der Waals surface area contributed by atoms with Gasteiger partial charge in [0, 0.05) is 17.1 Å². The van der Waals surface area contributed by atoms with Gasteiger partial charge in [-0.15, -0.1) is 11.8 Å². The molecule has 1 saturated carbocycles. The molecule has 0 aliphatic heterocycles. The molecule has 0 bridgehead atoms. The first kappa shape index (κ1) is 13.3. The van der Waals surface area contributed by atoms with Gasteiger partial charge in [-0.1, -0.05) is 22.9 Å². The number of rotatable bonds is 5. The van der Waals surface area contributed by atoms with Crippen LogP contribution in [-0.2, 0) is 0 Å². The van der Waals surface area contributed by atoms with Crippen LogP contribution in [0.15, 0.2) is 28.3 Å².